The van der Waals surface area contributed by atoms with Gasteiger partial charge in [0, 0.05) is 24.2 Å². The quantitative estimate of drug-likeness (QED) is 0.861. The van der Waals surface area contributed by atoms with Gasteiger partial charge in [0.1, 0.15) is 6.04 Å². The lowest BCUT2D eigenvalue weighted by atomic mass is 10.0. The summed E-state index contributed by atoms with van der Waals surface area (Å²) in [4.78, 5) is 24.7. The number of likely N-dealkylation sites (tertiary alicyclic amines) is 1. The first-order valence-electron chi connectivity index (χ1n) is 6.19. The van der Waals surface area contributed by atoms with Crippen LogP contribution in [0, 0.1) is 6.92 Å². The van der Waals surface area contributed by atoms with Crippen LogP contribution in [0.3, 0.4) is 0 Å². The highest BCUT2D eigenvalue weighted by atomic mass is 79.9. The van der Waals surface area contributed by atoms with E-state index in [9.17, 15) is 14.7 Å². The minimum absolute atomic E-state index is 0.0554. The molecule has 2 rings (SSSR count). The Morgan fingerprint density at radius 1 is 1.47 bits per heavy atom. The van der Waals surface area contributed by atoms with Crippen LogP contribution in [0.1, 0.15) is 17.5 Å². The van der Waals surface area contributed by atoms with Crippen molar-refractivity contribution in [3.05, 3.63) is 35.4 Å². The Hall–Kier alpha value is -1.36. The monoisotopic (exact) mass is 325 g/mol. The molecule has 2 atom stereocenters. The van der Waals surface area contributed by atoms with Gasteiger partial charge in [0.25, 0.3) is 0 Å². The topological polar surface area (TPSA) is 57.6 Å². The zero-order valence-corrected chi connectivity index (χ0v) is 12.3. The number of alkyl halides is 1. The number of aliphatic carboxylic acids is 1. The highest BCUT2D eigenvalue weighted by Gasteiger charge is 2.36. The second-order valence-electron chi connectivity index (χ2n) is 4.89. The zero-order valence-electron chi connectivity index (χ0n) is 10.7. The predicted octanol–water partition coefficient (Wildman–Crippen LogP) is 1.99. The van der Waals surface area contributed by atoms with Crippen LogP contribution in [0.4, 0.5) is 0 Å². The van der Waals surface area contributed by atoms with Crippen molar-refractivity contribution in [2.24, 2.45) is 0 Å². The number of rotatable bonds is 4. The number of carboxylic acids is 1. The van der Waals surface area contributed by atoms with E-state index < -0.39 is 12.0 Å². The maximum atomic E-state index is 11.8. The van der Waals surface area contributed by atoms with Gasteiger partial charge in [-0.05, 0) is 12.5 Å². The van der Waals surface area contributed by atoms with Gasteiger partial charge < -0.3 is 10.0 Å². The molecular formula is C14H16BrNO3. The Morgan fingerprint density at radius 2 is 2.11 bits per heavy atom. The van der Waals surface area contributed by atoms with Crippen LogP contribution in [0.5, 0.6) is 0 Å². The fourth-order valence-electron chi connectivity index (χ4n) is 2.27. The highest BCUT2D eigenvalue weighted by molar-refractivity contribution is 9.09. The minimum Gasteiger partial charge on any atom is -0.480 e. The number of aryl methyl sites for hydroxylation is 1. The van der Waals surface area contributed by atoms with E-state index in [1.807, 2.05) is 31.2 Å². The van der Waals surface area contributed by atoms with E-state index in [0.717, 1.165) is 11.1 Å². The fraction of sp³-hybridized carbons (Fsp3) is 0.429. The Bertz CT molecular complexity index is 486. The molecule has 1 aromatic rings. The summed E-state index contributed by atoms with van der Waals surface area (Å²) in [6, 6.07) is 6.95. The molecule has 0 aromatic heterocycles. The molecule has 1 aliphatic heterocycles. The van der Waals surface area contributed by atoms with Crippen molar-refractivity contribution >= 4 is 27.8 Å². The van der Waals surface area contributed by atoms with Crippen molar-refractivity contribution < 1.29 is 14.7 Å². The molecule has 0 spiro atoms. The van der Waals surface area contributed by atoms with E-state index in [0.29, 0.717) is 19.4 Å². The summed E-state index contributed by atoms with van der Waals surface area (Å²) in [6.07, 6.45) is 0.721. The van der Waals surface area contributed by atoms with Gasteiger partial charge in [-0.15, -0.1) is 0 Å². The summed E-state index contributed by atoms with van der Waals surface area (Å²) in [5, 5.41) is 9.34. The Morgan fingerprint density at radius 3 is 2.58 bits per heavy atom. The van der Waals surface area contributed by atoms with Gasteiger partial charge in [0.15, 0.2) is 0 Å². The molecule has 1 amide bonds. The molecule has 1 unspecified atom stereocenters. The molecule has 0 radical (unpaired) electrons. The van der Waals surface area contributed by atoms with E-state index in [1.165, 1.54) is 4.90 Å². The molecule has 1 fully saturated rings. The maximum Gasteiger partial charge on any atom is 0.326 e. The normalized spacial score (nSPS) is 20.6. The average molecular weight is 326 g/mol. The van der Waals surface area contributed by atoms with Crippen LogP contribution in [-0.4, -0.2) is 39.3 Å². The number of hydrogen-bond acceptors (Lipinski definition) is 2. The molecule has 102 valence electrons. The average Bonchev–Trinajstić information content (AvgIpc) is 2.67. The van der Waals surface area contributed by atoms with Gasteiger partial charge >= 0.3 is 5.97 Å². The smallest absolute Gasteiger partial charge is 0.326 e. The molecule has 1 N–H and O–H groups in total. The van der Waals surface area contributed by atoms with Crippen molar-refractivity contribution in [1.29, 1.82) is 0 Å². The lowest BCUT2D eigenvalue weighted by Gasteiger charge is -2.24. The SMILES string of the molecule is Cc1ccc(C[C@@H](C(=O)O)N2CC(Br)CC2=O)cc1. The van der Waals surface area contributed by atoms with Crippen LogP contribution < -0.4 is 0 Å². The number of nitrogens with zero attached hydrogens (tertiary/aromatic N) is 1. The highest BCUT2D eigenvalue weighted by Crippen LogP contribution is 2.22. The molecule has 19 heavy (non-hydrogen) atoms. The Labute approximate surface area is 120 Å². The Balaban J connectivity index is 2.15. The molecule has 5 heteroatoms. The van der Waals surface area contributed by atoms with Crippen molar-refractivity contribution in [1.82, 2.24) is 4.90 Å². The summed E-state index contributed by atoms with van der Waals surface area (Å²) in [6.45, 7) is 2.44. The van der Waals surface area contributed by atoms with Crippen molar-refractivity contribution in [2.45, 2.75) is 30.6 Å². The second kappa shape index (κ2) is 5.74. The summed E-state index contributed by atoms with van der Waals surface area (Å²) < 4.78 is 0. The first kappa shape index (κ1) is 14.1. The van der Waals surface area contributed by atoms with Crippen LogP contribution in [0.25, 0.3) is 0 Å². The van der Waals surface area contributed by atoms with E-state index >= 15 is 0 Å². The molecular weight excluding hydrogens is 310 g/mol. The third kappa shape index (κ3) is 3.35. The van der Waals surface area contributed by atoms with Crippen LogP contribution >= 0.6 is 15.9 Å². The van der Waals surface area contributed by atoms with E-state index in [-0.39, 0.29) is 10.7 Å². The maximum absolute atomic E-state index is 11.8. The summed E-state index contributed by atoms with van der Waals surface area (Å²) >= 11 is 3.38. The van der Waals surface area contributed by atoms with Gasteiger partial charge in [-0.2, -0.15) is 0 Å². The van der Waals surface area contributed by atoms with Gasteiger partial charge in [-0.1, -0.05) is 45.8 Å². The van der Waals surface area contributed by atoms with Crippen molar-refractivity contribution in [3.8, 4) is 0 Å². The largest absolute Gasteiger partial charge is 0.480 e. The predicted molar refractivity (Wildman–Crippen MR) is 75.4 cm³/mol. The standard InChI is InChI=1S/C14H16BrNO3/c1-9-2-4-10(5-3-9)6-12(14(18)19)16-8-11(15)7-13(16)17/h2-5,11-12H,6-8H2,1H3,(H,18,19)/t11?,12-/m0/s1. The number of halogens is 1. The van der Waals surface area contributed by atoms with Crippen molar-refractivity contribution in [2.75, 3.05) is 6.54 Å². The molecule has 1 aliphatic rings. The third-order valence-corrected chi connectivity index (χ3v) is 3.94. The number of benzene rings is 1. The summed E-state index contributed by atoms with van der Waals surface area (Å²) in [5.74, 6) is -1.04. The van der Waals surface area contributed by atoms with E-state index in [2.05, 4.69) is 15.9 Å². The molecule has 0 saturated carbocycles. The van der Waals surface area contributed by atoms with Crippen molar-refractivity contribution in [3.63, 3.8) is 0 Å². The third-order valence-electron chi connectivity index (χ3n) is 3.32. The second-order valence-corrected chi connectivity index (χ2v) is 6.19. The molecule has 1 saturated heterocycles. The lowest BCUT2D eigenvalue weighted by molar-refractivity contribution is -0.148. The van der Waals surface area contributed by atoms with E-state index in [1.54, 1.807) is 0 Å². The molecule has 1 heterocycles. The first-order chi connectivity index (χ1) is 8.97. The van der Waals surface area contributed by atoms with Crippen LogP contribution in [0.2, 0.25) is 0 Å². The van der Waals surface area contributed by atoms with Gasteiger partial charge in [-0.25, -0.2) is 4.79 Å². The lowest BCUT2D eigenvalue weighted by Crippen LogP contribution is -2.43. The van der Waals surface area contributed by atoms with Gasteiger partial charge in [0.2, 0.25) is 5.91 Å². The number of hydrogen-bond donors (Lipinski definition) is 1. The number of carboxylic acid groups (broad SMARTS) is 1. The first-order valence-corrected chi connectivity index (χ1v) is 7.11. The molecule has 4 nitrogen and oxygen atoms in total. The summed E-state index contributed by atoms with van der Waals surface area (Å²) in [5.41, 5.74) is 2.07. The van der Waals surface area contributed by atoms with Gasteiger partial charge in [0.05, 0.1) is 0 Å². The number of amides is 1. The van der Waals surface area contributed by atoms with Crippen LogP contribution in [0.15, 0.2) is 24.3 Å². The molecule has 1 aromatic carbocycles. The van der Waals surface area contributed by atoms with Crippen LogP contribution in [-0.2, 0) is 16.0 Å². The molecule has 0 bridgehead atoms. The van der Waals surface area contributed by atoms with Gasteiger partial charge in [-0.3, -0.25) is 4.79 Å². The number of carbonyl (C=O) groups excluding carboxylic acids is 1. The minimum atomic E-state index is -0.949. The fourth-order valence-corrected chi connectivity index (χ4v) is 2.85. The summed E-state index contributed by atoms with van der Waals surface area (Å²) in [7, 11) is 0. The number of carbonyl (C=O) groups is 2. The Kier molecular flexibility index (Phi) is 4.24. The molecule has 0 aliphatic carbocycles. The zero-order chi connectivity index (χ0) is 14.0. The van der Waals surface area contributed by atoms with E-state index in [4.69, 9.17) is 0 Å².